The van der Waals surface area contributed by atoms with Crippen LogP contribution < -0.4 is 5.32 Å². The predicted octanol–water partition coefficient (Wildman–Crippen LogP) is 6.48. The first-order valence-corrected chi connectivity index (χ1v) is 14.4. The summed E-state index contributed by atoms with van der Waals surface area (Å²) in [6.45, 7) is 8.22. The first-order chi connectivity index (χ1) is 15.9. The molecule has 0 bridgehead atoms. The Bertz CT molecular complexity index is 681. The van der Waals surface area contributed by atoms with Crippen LogP contribution in [0.4, 0.5) is 0 Å². The van der Waals surface area contributed by atoms with Gasteiger partial charge in [0, 0.05) is 25.0 Å². The Hall–Kier alpha value is -1.06. The SMILES string of the molecule is CCCCCCCCCCN(C=O)[C@H]1CCC2C3CCC4NC(=O)CC[C@]4(C)C3CC[C@@]21C. The summed E-state index contributed by atoms with van der Waals surface area (Å²) in [4.78, 5) is 26.4. The molecule has 3 saturated carbocycles. The Labute approximate surface area is 203 Å². The van der Waals surface area contributed by atoms with Gasteiger partial charge in [0.1, 0.15) is 0 Å². The molecule has 1 heterocycles. The molecular weight excluding hydrogens is 408 g/mol. The summed E-state index contributed by atoms with van der Waals surface area (Å²) in [6.07, 6.45) is 20.9. The van der Waals surface area contributed by atoms with E-state index < -0.39 is 0 Å². The van der Waals surface area contributed by atoms with E-state index in [0.29, 0.717) is 18.5 Å². The lowest BCUT2D eigenvalue weighted by Crippen LogP contribution is -2.61. The van der Waals surface area contributed by atoms with Gasteiger partial charge in [-0.3, -0.25) is 9.59 Å². The number of fused-ring (bicyclic) bond motifs is 5. The third-order valence-corrected chi connectivity index (χ3v) is 10.9. The number of carbonyl (C=O) groups is 2. The molecule has 4 rings (SSSR count). The summed E-state index contributed by atoms with van der Waals surface area (Å²) in [6, 6.07) is 0.817. The van der Waals surface area contributed by atoms with Gasteiger partial charge in [-0.2, -0.15) is 0 Å². The monoisotopic (exact) mass is 458 g/mol. The maximum Gasteiger partial charge on any atom is 0.220 e. The van der Waals surface area contributed by atoms with E-state index in [9.17, 15) is 9.59 Å². The highest BCUT2D eigenvalue weighted by atomic mass is 16.1. The lowest BCUT2D eigenvalue weighted by atomic mass is 9.47. The number of nitrogens with zero attached hydrogens (tertiary/aromatic N) is 1. The molecule has 0 aromatic heterocycles. The van der Waals surface area contributed by atoms with E-state index in [0.717, 1.165) is 43.6 Å². The van der Waals surface area contributed by atoms with Crippen LogP contribution in [0.5, 0.6) is 0 Å². The minimum Gasteiger partial charge on any atom is -0.353 e. The van der Waals surface area contributed by atoms with Crippen molar-refractivity contribution in [2.75, 3.05) is 6.54 Å². The average Bonchev–Trinajstić information content (AvgIpc) is 3.16. The van der Waals surface area contributed by atoms with Crippen molar-refractivity contribution in [2.24, 2.45) is 28.6 Å². The first kappa shape index (κ1) is 25.0. The van der Waals surface area contributed by atoms with Crippen molar-refractivity contribution in [1.29, 1.82) is 0 Å². The summed E-state index contributed by atoms with van der Waals surface area (Å²) in [5.41, 5.74) is 0.557. The van der Waals surface area contributed by atoms with Crippen molar-refractivity contribution in [3.8, 4) is 0 Å². The normalized spacial score (nSPS) is 39.8. The minimum atomic E-state index is 0.264. The van der Waals surface area contributed by atoms with Crippen LogP contribution in [0.15, 0.2) is 0 Å². The van der Waals surface area contributed by atoms with Crippen LogP contribution in [-0.2, 0) is 9.59 Å². The van der Waals surface area contributed by atoms with Gasteiger partial charge in [0.05, 0.1) is 0 Å². The summed E-state index contributed by atoms with van der Waals surface area (Å²) in [5.74, 6) is 2.53. The largest absolute Gasteiger partial charge is 0.353 e. The van der Waals surface area contributed by atoms with Crippen LogP contribution in [0.25, 0.3) is 0 Å². The van der Waals surface area contributed by atoms with Gasteiger partial charge in [-0.1, -0.05) is 65.7 Å². The highest BCUT2D eigenvalue weighted by molar-refractivity contribution is 5.77. The second kappa shape index (κ2) is 10.7. The molecule has 4 aliphatic rings. The second-order valence-corrected chi connectivity index (χ2v) is 12.5. The molecule has 7 atom stereocenters. The summed E-state index contributed by atoms with van der Waals surface area (Å²) >= 11 is 0. The molecule has 3 aliphatic carbocycles. The van der Waals surface area contributed by atoms with Crippen LogP contribution in [0.1, 0.15) is 124 Å². The zero-order valence-electron chi connectivity index (χ0n) is 21.7. The van der Waals surface area contributed by atoms with Gasteiger partial charge in [-0.05, 0) is 80.0 Å². The number of amides is 2. The van der Waals surface area contributed by atoms with Gasteiger partial charge in [0.25, 0.3) is 0 Å². The molecule has 4 unspecified atom stereocenters. The number of carbonyl (C=O) groups excluding carboxylic acids is 2. The van der Waals surface area contributed by atoms with Gasteiger partial charge in [0.2, 0.25) is 12.3 Å². The number of nitrogens with one attached hydrogen (secondary N) is 1. The minimum absolute atomic E-state index is 0.264. The van der Waals surface area contributed by atoms with Gasteiger partial charge in [-0.25, -0.2) is 0 Å². The Balaban J connectivity index is 1.33. The topological polar surface area (TPSA) is 49.4 Å². The van der Waals surface area contributed by atoms with Crippen molar-refractivity contribution in [2.45, 2.75) is 136 Å². The third kappa shape index (κ3) is 4.87. The fraction of sp³-hybridized carbons (Fsp3) is 0.931. The number of rotatable bonds is 11. The van der Waals surface area contributed by atoms with Crippen LogP contribution >= 0.6 is 0 Å². The Kier molecular flexibility index (Phi) is 8.11. The van der Waals surface area contributed by atoms with Gasteiger partial charge in [-0.15, -0.1) is 0 Å². The van der Waals surface area contributed by atoms with Crippen LogP contribution in [-0.4, -0.2) is 35.8 Å². The number of piperidine rings is 1. The fourth-order valence-electron chi connectivity index (χ4n) is 8.93. The van der Waals surface area contributed by atoms with E-state index in [1.54, 1.807) is 0 Å². The molecule has 0 radical (unpaired) electrons. The molecule has 1 saturated heterocycles. The van der Waals surface area contributed by atoms with E-state index in [-0.39, 0.29) is 16.7 Å². The molecule has 1 aliphatic heterocycles. The summed E-state index contributed by atoms with van der Waals surface area (Å²) in [5, 5.41) is 3.35. The third-order valence-electron chi connectivity index (χ3n) is 10.9. The zero-order valence-corrected chi connectivity index (χ0v) is 21.7. The van der Waals surface area contributed by atoms with E-state index >= 15 is 0 Å². The van der Waals surface area contributed by atoms with Crippen molar-refractivity contribution < 1.29 is 9.59 Å². The number of unbranched alkanes of at least 4 members (excludes halogenated alkanes) is 7. The quantitative estimate of drug-likeness (QED) is 0.285. The Morgan fingerprint density at radius 1 is 0.879 bits per heavy atom. The fourth-order valence-corrected chi connectivity index (χ4v) is 8.93. The lowest BCUT2D eigenvalue weighted by molar-refractivity contribution is -0.138. The first-order valence-electron chi connectivity index (χ1n) is 14.4. The average molecular weight is 459 g/mol. The number of hydrogen-bond donors (Lipinski definition) is 1. The maximum absolute atomic E-state index is 12.2. The zero-order chi connectivity index (χ0) is 23.5. The molecule has 0 aromatic rings. The molecule has 4 nitrogen and oxygen atoms in total. The van der Waals surface area contributed by atoms with E-state index in [4.69, 9.17) is 0 Å². The molecule has 0 aromatic carbocycles. The molecule has 2 amide bonds. The smallest absolute Gasteiger partial charge is 0.220 e. The van der Waals surface area contributed by atoms with Crippen LogP contribution in [0, 0.1) is 28.6 Å². The van der Waals surface area contributed by atoms with E-state index in [2.05, 4.69) is 31.0 Å². The van der Waals surface area contributed by atoms with Gasteiger partial charge >= 0.3 is 0 Å². The molecule has 4 heteroatoms. The molecule has 188 valence electrons. The maximum atomic E-state index is 12.2. The number of hydrogen-bond acceptors (Lipinski definition) is 2. The van der Waals surface area contributed by atoms with Crippen LogP contribution in [0.2, 0.25) is 0 Å². The summed E-state index contributed by atoms with van der Waals surface area (Å²) in [7, 11) is 0. The van der Waals surface area contributed by atoms with Crippen LogP contribution in [0.3, 0.4) is 0 Å². The molecule has 4 fully saturated rings. The second-order valence-electron chi connectivity index (χ2n) is 12.5. The molecule has 0 spiro atoms. The van der Waals surface area contributed by atoms with Gasteiger partial charge in [0.15, 0.2) is 0 Å². The molecular formula is C29H50N2O2. The summed E-state index contributed by atoms with van der Waals surface area (Å²) < 4.78 is 0. The van der Waals surface area contributed by atoms with Crippen molar-refractivity contribution in [3.63, 3.8) is 0 Å². The molecule has 1 N–H and O–H groups in total. The van der Waals surface area contributed by atoms with Crippen molar-refractivity contribution >= 4 is 12.3 Å². The Morgan fingerprint density at radius 3 is 2.30 bits per heavy atom. The van der Waals surface area contributed by atoms with E-state index in [1.165, 1.54) is 83.5 Å². The van der Waals surface area contributed by atoms with Crippen molar-refractivity contribution in [3.05, 3.63) is 0 Å². The van der Waals surface area contributed by atoms with Crippen molar-refractivity contribution in [1.82, 2.24) is 10.2 Å². The standard InChI is InChI=1S/C29H50N2O2/c1-4-5-6-7-8-9-10-11-20-31(21-32)26-15-13-23-22-12-14-25-28(2,19-17-27(33)30-25)24(22)16-18-29(23,26)3/h21-26H,4-20H2,1-3H3,(H,30,33)/t22?,23?,24?,25?,26-,28+,29-/m0/s1. The van der Waals surface area contributed by atoms with E-state index in [1.807, 2.05) is 0 Å². The lowest BCUT2D eigenvalue weighted by Gasteiger charge is -2.60. The highest BCUT2D eigenvalue weighted by Crippen LogP contribution is 2.64. The Morgan fingerprint density at radius 2 is 1.58 bits per heavy atom. The molecule has 33 heavy (non-hydrogen) atoms. The van der Waals surface area contributed by atoms with Gasteiger partial charge < -0.3 is 10.2 Å². The predicted molar refractivity (Wildman–Crippen MR) is 135 cm³/mol. The highest BCUT2D eigenvalue weighted by Gasteiger charge is 2.61.